The van der Waals surface area contributed by atoms with Crippen molar-refractivity contribution in [2.75, 3.05) is 32.7 Å². The smallest absolute Gasteiger partial charge is 0.257 e. The summed E-state index contributed by atoms with van der Waals surface area (Å²) in [5.41, 5.74) is 4.30. The van der Waals surface area contributed by atoms with Gasteiger partial charge in [0, 0.05) is 50.4 Å². The van der Waals surface area contributed by atoms with Crippen LogP contribution in [0.4, 0.5) is 0 Å². The van der Waals surface area contributed by atoms with Gasteiger partial charge >= 0.3 is 0 Å². The molecule has 1 aliphatic rings. The quantitative estimate of drug-likeness (QED) is 0.450. The van der Waals surface area contributed by atoms with E-state index >= 15 is 0 Å². The molecule has 0 spiro atoms. The molecule has 1 saturated heterocycles. The lowest BCUT2D eigenvalue weighted by molar-refractivity contribution is 0.0633. The van der Waals surface area contributed by atoms with Crippen LogP contribution in [0.5, 0.6) is 0 Å². The number of nitrogens with zero attached hydrogens (tertiary/aromatic N) is 5. The predicted octanol–water partition coefficient (Wildman–Crippen LogP) is 3.27. The van der Waals surface area contributed by atoms with Crippen LogP contribution in [0.1, 0.15) is 16.7 Å². The normalized spacial score (nSPS) is 16.1. The van der Waals surface area contributed by atoms with Gasteiger partial charge in [0.1, 0.15) is 11.7 Å². The number of β-amino-alcohol motifs (C(OH)–C–C–N with tert-alkyl or cyclic N) is 1. The summed E-state index contributed by atoms with van der Waals surface area (Å²) in [6, 6.07) is 19.3. The third kappa shape index (κ3) is 4.71. The fraction of sp³-hybridized carbons (Fsp3) is 0.333. The Morgan fingerprint density at radius 3 is 2.34 bits per heavy atom. The lowest BCUT2D eigenvalue weighted by Gasteiger charge is -2.35. The molecule has 0 bridgehead atoms. The lowest BCUT2D eigenvalue weighted by atomic mass is 10.1. The van der Waals surface area contributed by atoms with Crippen LogP contribution in [-0.4, -0.2) is 62.7 Å². The van der Waals surface area contributed by atoms with Crippen molar-refractivity contribution in [3.63, 3.8) is 0 Å². The Hall–Kier alpha value is -3.15. The SMILES string of the molecule is Cc1cc(=O)n2c3ccccc3n(C[C@@H](O)CN3CCN(Cc4ccc(Cl)cc4)CC3)c2c1C#N. The van der Waals surface area contributed by atoms with Crippen molar-refractivity contribution in [1.82, 2.24) is 18.8 Å². The minimum absolute atomic E-state index is 0.169. The Morgan fingerprint density at radius 2 is 1.66 bits per heavy atom. The van der Waals surface area contributed by atoms with E-state index in [1.165, 1.54) is 11.6 Å². The van der Waals surface area contributed by atoms with Gasteiger partial charge in [-0.2, -0.15) is 5.26 Å². The Kier molecular flexibility index (Phi) is 6.63. The molecule has 0 saturated carbocycles. The molecule has 1 aliphatic heterocycles. The van der Waals surface area contributed by atoms with Crippen molar-refractivity contribution in [3.05, 3.63) is 86.7 Å². The number of piperazine rings is 1. The largest absolute Gasteiger partial charge is 0.390 e. The van der Waals surface area contributed by atoms with Crippen molar-refractivity contribution in [2.24, 2.45) is 0 Å². The molecule has 0 amide bonds. The molecule has 180 valence electrons. The minimum atomic E-state index is -0.639. The summed E-state index contributed by atoms with van der Waals surface area (Å²) in [5, 5.41) is 21.6. The van der Waals surface area contributed by atoms with Crippen molar-refractivity contribution in [3.8, 4) is 6.07 Å². The molecule has 1 atom stereocenters. The van der Waals surface area contributed by atoms with E-state index in [4.69, 9.17) is 11.6 Å². The van der Waals surface area contributed by atoms with E-state index < -0.39 is 6.10 Å². The molecular formula is C27H28ClN5O2. The van der Waals surface area contributed by atoms with Crippen molar-refractivity contribution >= 4 is 28.3 Å². The highest BCUT2D eigenvalue weighted by atomic mass is 35.5. The zero-order chi connectivity index (χ0) is 24.5. The van der Waals surface area contributed by atoms with E-state index in [0.717, 1.165) is 48.8 Å². The van der Waals surface area contributed by atoms with E-state index in [-0.39, 0.29) is 5.56 Å². The molecule has 4 aromatic rings. The van der Waals surface area contributed by atoms with Gasteiger partial charge < -0.3 is 9.67 Å². The van der Waals surface area contributed by atoms with Crippen LogP contribution in [0.15, 0.2) is 59.4 Å². The van der Waals surface area contributed by atoms with Crippen LogP contribution in [0.3, 0.4) is 0 Å². The molecule has 8 heteroatoms. The summed E-state index contributed by atoms with van der Waals surface area (Å²) in [5.74, 6) is 0. The summed E-state index contributed by atoms with van der Waals surface area (Å²) in [6.07, 6.45) is -0.639. The van der Waals surface area contributed by atoms with Crippen molar-refractivity contribution in [2.45, 2.75) is 26.1 Å². The first-order valence-electron chi connectivity index (χ1n) is 11.9. The summed E-state index contributed by atoms with van der Waals surface area (Å²) in [6.45, 7) is 7.11. The molecule has 0 radical (unpaired) electrons. The van der Waals surface area contributed by atoms with Crippen LogP contribution in [0, 0.1) is 18.3 Å². The number of aryl methyl sites for hydroxylation is 1. The molecule has 5 rings (SSSR count). The first-order chi connectivity index (χ1) is 16.9. The molecular weight excluding hydrogens is 462 g/mol. The molecule has 7 nitrogen and oxygen atoms in total. The number of fused-ring (bicyclic) bond motifs is 3. The van der Waals surface area contributed by atoms with Gasteiger partial charge in [-0.1, -0.05) is 35.9 Å². The van der Waals surface area contributed by atoms with Gasteiger partial charge in [0.2, 0.25) is 0 Å². The second-order valence-electron chi connectivity index (χ2n) is 9.27. The third-order valence-corrected chi connectivity index (χ3v) is 7.07. The molecule has 0 unspecified atom stereocenters. The highest BCUT2D eigenvalue weighted by Gasteiger charge is 2.22. The van der Waals surface area contributed by atoms with E-state index in [1.54, 1.807) is 11.3 Å². The highest BCUT2D eigenvalue weighted by Crippen LogP contribution is 2.24. The number of benzene rings is 2. The number of rotatable bonds is 6. The van der Waals surface area contributed by atoms with Gasteiger partial charge in [-0.05, 0) is 42.3 Å². The number of nitriles is 1. The lowest BCUT2D eigenvalue weighted by Crippen LogP contribution is -2.48. The number of hydrogen-bond donors (Lipinski definition) is 1. The summed E-state index contributed by atoms with van der Waals surface area (Å²) < 4.78 is 3.51. The predicted molar refractivity (Wildman–Crippen MR) is 138 cm³/mol. The number of hydrogen-bond acceptors (Lipinski definition) is 5. The first kappa shape index (κ1) is 23.6. The van der Waals surface area contributed by atoms with Crippen LogP contribution in [0.2, 0.25) is 5.02 Å². The van der Waals surface area contributed by atoms with Gasteiger partial charge in [0.15, 0.2) is 0 Å². The average molecular weight is 490 g/mol. The summed E-state index contributed by atoms with van der Waals surface area (Å²) in [7, 11) is 0. The number of para-hydroxylation sites is 2. The standard InChI is InChI=1S/C27H28ClN5O2/c1-19-14-26(35)33-25-5-3-2-4-24(25)32(27(33)23(19)15-29)18-22(34)17-31-12-10-30(11-13-31)16-20-6-8-21(28)9-7-20/h2-9,14,22,34H,10-13,16-18H2,1H3/t22-/m0/s1. The maximum Gasteiger partial charge on any atom is 0.257 e. The Bertz CT molecular complexity index is 1460. The zero-order valence-electron chi connectivity index (χ0n) is 19.7. The fourth-order valence-corrected chi connectivity index (χ4v) is 5.19. The fourth-order valence-electron chi connectivity index (χ4n) is 5.07. The summed E-state index contributed by atoms with van der Waals surface area (Å²) in [4.78, 5) is 17.5. The van der Waals surface area contributed by atoms with Gasteiger partial charge in [-0.15, -0.1) is 0 Å². The number of aliphatic hydroxyl groups excluding tert-OH is 1. The number of pyridine rings is 1. The first-order valence-corrected chi connectivity index (χ1v) is 12.2. The zero-order valence-corrected chi connectivity index (χ0v) is 20.4. The van der Waals surface area contributed by atoms with Crippen LogP contribution in [0.25, 0.3) is 16.7 Å². The number of aliphatic hydroxyl groups is 1. The van der Waals surface area contributed by atoms with E-state index in [2.05, 4.69) is 28.0 Å². The molecule has 2 aromatic heterocycles. The van der Waals surface area contributed by atoms with Crippen molar-refractivity contribution < 1.29 is 5.11 Å². The number of halogens is 1. The molecule has 1 fully saturated rings. The van der Waals surface area contributed by atoms with Gasteiger partial charge in [-0.25, -0.2) is 0 Å². The Labute approximate surface area is 209 Å². The Morgan fingerprint density at radius 1 is 1.00 bits per heavy atom. The van der Waals surface area contributed by atoms with Crippen LogP contribution in [-0.2, 0) is 13.1 Å². The van der Waals surface area contributed by atoms with Crippen molar-refractivity contribution in [1.29, 1.82) is 5.26 Å². The molecule has 35 heavy (non-hydrogen) atoms. The van der Waals surface area contributed by atoms with E-state index in [9.17, 15) is 15.2 Å². The van der Waals surface area contributed by atoms with Gasteiger partial charge in [-0.3, -0.25) is 19.0 Å². The number of aromatic nitrogens is 2. The van der Waals surface area contributed by atoms with Gasteiger partial charge in [0.25, 0.3) is 5.56 Å². The second kappa shape index (κ2) is 9.84. The molecule has 0 aliphatic carbocycles. The maximum absolute atomic E-state index is 12.8. The van der Waals surface area contributed by atoms with E-state index in [0.29, 0.717) is 29.9 Å². The molecule has 1 N–H and O–H groups in total. The molecule has 3 heterocycles. The van der Waals surface area contributed by atoms with Crippen LogP contribution < -0.4 is 5.56 Å². The van der Waals surface area contributed by atoms with Crippen LogP contribution >= 0.6 is 11.6 Å². The summed E-state index contributed by atoms with van der Waals surface area (Å²) >= 11 is 5.99. The topological polar surface area (TPSA) is 76.9 Å². The van der Waals surface area contributed by atoms with E-state index in [1.807, 2.05) is 41.0 Å². The monoisotopic (exact) mass is 489 g/mol. The van der Waals surface area contributed by atoms with Gasteiger partial charge in [0.05, 0.1) is 29.2 Å². The maximum atomic E-state index is 12.8. The molecule has 2 aromatic carbocycles. The highest BCUT2D eigenvalue weighted by molar-refractivity contribution is 6.30. The minimum Gasteiger partial charge on any atom is -0.390 e. The number of imidazole rings is 1. The Balaban J connectivity index is 1.31. The third-order valence-electron chi connectivity index (χ3n) is 6.82. The average Bonchev–Trinajstić information content (AvgIpc) is 3.16. The second-order valence-corrected chi connectivity index (χ2v) is 9.70.